The molecule has 1 saturated carbocycles. The van der Waals surface area contributed by atoms with E-state index in [1.54, 1.807) is 0 Å². The van der Waals surface area contributed by atoms with E-state index in [-0.39, 0.29) is 0 Å². The van der Waals surface area contributed by atoms with E-state index in [9.17, 15) is 0 Å². The van der Waals surface area contributed by atoms with Gasteiger partial charge in [0.15, 0.2) is 0 Å². The van der Waals surface area contributed by atoms with Crippen LogP contribution in [0.25, 0.3) is 0 Å². The Bertz CT molecular complexity index is 446. The van der Waals surface area contributed by atoms with Gasteiger partial charge in [-0.15, -0.1) is 0 Å². The fourth-order valence-electron chi connectivity index (χ4n) is 3.33. The normalized spacial score (nSPS) is 41.9. The molecule has 3 aliphatic rings. The zero-order valence-corrected chi connectivity index (χ0v) is 7.88. The van der Waals surface area contributed by atoms with Crippen molar-refractivity contribution >= 4 is 11.6 Å². The van der Waals surface area contributed by atoms with Gasteiger partial charge < -0.3 is 0 Å². The molecule has 4 rings (SSSR count). The standard InChI is InChI=1S/C12H9Cl/c13-10-3-1-2-8-11(10)9-5-4-7-6-12(7,8)9/h1-5,7,9H,6H2. The lowest BCUT2D eigenvalue weighted by molar-refractivity contribution is 0.527. The van der Waals surface area contributed by atoms with Crippen LogP contribution in [0.2, 0.25) is 5.02 Å². The Morgan fingerprint density at radius 1 is 1.31 bits per heavy atom. The fraction of sp³-hybridized carbons (Fsp3) is 0.333. The zero-order valence-electron chi connectivity index (χ0n) is 7.13. The Labute approximate surface area is 82.2 Å². The van der Waals surface area contributed by atoms with Crippen molar-refractivity contribution in [3.63, 3.8) is 0 Å². The molecule has 0 aliphatic heterocycles. The number of hydrogen-bond donors (Lipinski definition) is 0. The van der Waals surface area contributed by atoms with Gasteiger partial charge in [0.2, 0.25) is 0 Å². The Morgan fingerprint density at radius 2 is 2.23 bits per heavy atom. The topological polar surface area (TPSA) is 0 Å². The summed E-state index contributed by atoms with van der Waals surface area (Å²) in [5.74, 6) is 1.49. The maximum atomic E-state index is 6.18. The van der Waals surface area contributed by atoms with Gasteiger partial charge in [0.1, 0.15) is 0 Å². The molecule has 64 valence electrons. The van der Waals surface area contributed by atoms with E-state index >= 15 is 0 Å². The van der Waals surface area contributed by atoms with Crippen LogP contribution in [0.3, 0.4) is 0 Å². The summed E-state index contributed by atoms with van der Waals surface area (Å²) >= 11 is 6.18. The van der Waals surface area contributed by atoms with Crippen LogP contribution in [-0.4, -0.2) is 0 Å². The lowest BCUT2D eigenvalue weighted by atomic mass is 9.66. The minimum Gasteiger partial charge on any atom is -0.0840 e. The van der Waals surface area contributed by atoms with Crippen LogP contribution >= 0.6 is 11.6 Å². The molecule has 1 spiro atoms. The molecular formula is C12H9Cl. The van der Waals surface area contributed by atoms with Crippen molar-refractivity contribution in [2.75, 3.05) is 0 Å². The number of allylic oxidation sites excluding steroid dienone is 2. The molecule has 3 aliphatic carbocycles. The maximum Gasteiger partial charge on any atom is 0.0447 e. The second-order valence-corrected chi connectivity index (χ2v) is 4.82. The van der Waals surface area contributed by atoms with Crippen LogP contribution in [-0.2, 0) is 5.41 Å². The summed E-state index contributed by atoms with van der Waals surface area (Å²) in [6, 6.07) is 6.35. The molecule has 0 heterocycles. The smallest absolute Gasteiger partial charge is 0.0447 e. The second-order valence-electron chi connectivity index (χ2n) is 4.41. The molecule has 0 radical (unpaired) electrons. The van der Waals surface area contributed by atoms with Crippen LogP contribution in [0.4, 0.5) is 0 Å². The van der Waals surface area contributed by atoms with Gasteiger partial charge in [-0.2, -0.15) is 0 Å². The highest BCUT2D eigenvalue weighted by Crippen LogP contribution is 2.75. The number of hydrogen-bond acceptors (Lipinski definition) is 0. The lowest BCUT2D eigenvalue weighted by Gasteiger charge is -2.38. The zero-order chi connectivity index (χ0) is 8.63. The molecule has 13 heavy (non-hydrogen) atoms. The summed E-state index contributed by atoms with van der Waals surface area (Å²) in [5, 5.41) is 0.963. The molecule has 1 heteroatoms. The number of halogens is 1. The van der Waals surface area contributed by atoms with E-state index in [1.165, 1.54) is 17.5 Å². The third-order valence-corrected chi connectivity index (χ3v) is 4.35. The third kappa shape index (κ3) is 0.515. The predicted molar refractivity (Wildman–Crippen MR) is 53.1 cm³/mol. The van der Waals surface area contributed by atoms with Crippen molar-refractivity contribution in [1.29, 1.82) is 0 Å². The van der Waals surface area contributed by atoms with Gasteiger partial charge in [-0.25, -0.2) is 0 Å². The SMILES string of the molecule is Clc1cccc2c1C1C=CC3CC231. The summed E-state index contributed by atoms with van der Waals surface area (Å²) < 4.78 is 0. The number of fused-ring (bicyclic) bond motifs is 2. The highest BCUT2D eigenvalue weighted by Gasteiger charge is 2.68. The molecule has 1 aromatic carbocycles. The number of benzene rings is 1. The molecule has 0 bridgehead atoms. The van der Waals surface area contributed by atoms with Gasteiger partial charge in [-0.05, 0) is 29.5 Å². The minimum atomic E-state index is 0.528. The second kappa shape index (κ2) is 1.72. The first-order valence-corrected chi connectivity index (χ1v) is 5.19. The molecule has 0 saturated heterocycles. The molecule has 3 unspecified atom stereocenters. The van der Waals surface area contributed by atoms with Gasteiger partial charge in [0.05, 0.1) is 0 Å². The molecule has 3 atom stereocenters. The van der Waals surface area contributed by atoms with Crippen LogP contribution in [0.1, 0.15) is 23.5 Å². The van der Waals surface area contributed by atoms with E-state index < -0.39 is 0 Å². The summed E-state index contributed by atoms with van der Waals surface area (Å²) in [7, 11) is 0. The Hall–Kier alpha value is -0.750. The summed E-state index contributed by atoms with van der Waals surface area (Å²) in [4.78, 5) is 0. The molecule has 1 fully saturated rings. The van der Waals surface area contributed by atoms with Gasteiger partial charge in [0, 0.05) is 16.4 Å². The molecule has 0 nitrogen and oxygen atoms in total. The van der Waals surface area contributed by atoms with E-state index in [2.05, 4.69) is 24.3 Å². The van der Waals surface area contributed by atoms with Crippen molar-refractivity contribution < 1.29 is 0 Å². The van der Waals surface area contributed by atoms with Gasteiger partial charge >= 0.3 is 0 Å². The first kappa shape index (κ1) is 6.67. The average molecular weight is 189 g/mol. The van der Waals surface area contributed by atoms with Crippen LogP contribution in [0.15, 0.2) is 30.4 Å². The van der Waals surface area contributed by atoms with Crippen LogP contribution in [0.5, 0.6) is 0 Å². The van der Waals surface area contributed by atoms with Crippen molar-refractivity contribution in [3.8, 4) is 0 Å². The van der Waals surface area contributed by atoms with Crippen molar-refractivity contribution in [1.82, 2.24) is 0 Å². The Kier molecular flexibility index (Phi) is 0.880. The lowest BCUT2D eigenvalue weighted by Crippen LogP contribution is -2.29. The van der Waals surface area contributed by atoms with E-state index in [4.69, 9.17) is 11.6 Å². The average Bonchev–Trinajstić information content (AvgIpc) is 2.78. The highest BCUT2D eigenvalue weighted by molar-refractivity contribution is 6.31. The van der Waals surface area contributed by atoms with E-state index in [0.29, 0.717) is 11.3 Å². The Morgan fingerprint density at radius 3 is 3.08 bits per heavy atom. The monoisotopic (exact) mass is 188 g/mol. The molecular weight excluding hydrogens is 180 g/mol. The Balaban J connectivity index is 2.05. The predicted octanol–water partition coefficient (Wildman–Crippen LogP) is 3.26. The highest BCUT2D eigenvalue weighted by atomic mass is 35.5. The number of rotatable bonds is 0. The molecule has 0 amide bonds. The van der Waals surface area contributed by atoms with Crippen molar-refractivity contribution in [2.45, 2.75) is 17.8 Å². The van der Waals surface area contributed by atoms with Gasteiger partial charge in [-0.3, -0.25) is 0 Å². The van der Waals surface area contributed by atoms with Crippen LogP contribution in [0, 0.1) is 5.92 Å². The first-order chi connectivity index (χ1) is 6.34. The van der Waals surface area contributed by atoms with Gasteiger partial charge in [0.25, 0.3) is 0 Å². The molecule has 0 aromatic heterocycles. The van der Waals surface area contributed by atoms with Crippen LogP contribution < -0.4 is 0 Å². The largest absolute Gasteiger partial charge is 0.0840 e. The molecule has 0 N–H and O–H groups in total. The quantitative estimate of drug-likeness (QED) is 0.549. The van der Waals surface area contributed by atoms with E-state index in [0.717, 1.165) is 10.9 Å². The van der Waals surface area contributed by atoms with Crippen molar-refractivity contribution in [2.24, 2.45) is 5.92 Å². The molecule has 1 aromatic rings. The van der Waals surface area contributed by atoms with Crippen molar-refractivity contribution in [3.05, 3.63) is 46.5 Å². The minimum absolute atomic E-state index is 0.528. The first-order valence-electron chi connectivity index (χ1n) is 4.81. The maximum absolute atomic E-state index is 6.18. The van der Waals surface area contributed by atoms with E-state index in [1.807, 2.05) is 6.07 Å². The van der Waals surface area contributed by atoms with Gasteiger partial charge in [-0.1, -0.05) is 35.9 Å². The summed E-state index contributed by atoms with van der Waals surface area (Å²) in [6.07, 6.45) is 6.09. The fourth-order valence-corrected chi connectivity index (χ4v) is 3.62. The summed E-state index contributed by atoms with van der Waals surface area (Å²) in [5.41, 5.74) is 3.46. The summed E-state index contributed by atoms with van der Waals surface area (Å²) in [6.45, 7) is 0. The third-order valence-electron chi connectivity index (χ3n) is 4.02.